The largest absolute Gasteiger partial charge is 0.493 e. The Balaban J connectivity index is 1.60. The lowest BCUT2D eigenvalue weighted by molar-refractivity contribution is 0.0602. The van der Waals surface area contributed by atoms with E-state index in [4.69, 9.17) is 13.9 Å². The summed E-state index contributed by atoms with van der Waals surface area (Å²) in [6.45, 7) is 8.10. The van der Waals surface area contributed by atoms with Crippen LogP contribution in [0.4, 0.5) is 0 Å². The number of rotatable bonds is 9. The number of nitrogens with zero attached hydrogens (tertiary/aromatic N) is 3. The number of ether oxygens (including phenoxy) is 2. The molecule has 1 unspecified atom stereocenters. The standard InChI is InChI=1S/C25H33N3O4/c1-19(2)25(18-26,20-8-9-21(30-3)23(17-20)31-4)10-6-11-27-12-14-28(15-13-27)24(29)22-7-5-16-32-22/h5,7-9,16-17,19H,6,10-15H2,1-4H3. The van der Waals surface area contributed by atoms with Crippen LogP contribution in [-0.2, 0) is 5.41 Å². The summed E-state index contributed by atoms with van der Waals surface area (Å²) < 4.78 is 16.1. The first-order chi connectivity index (χ1) is 15.4. The SMILES string of the molecule is COc1ccc(C(C#N)(CCCN2CCN(C(=O)c3ccco3)CC2)C(C)C)cc1OC. The Morgan fingerprint density at radius 2 is 1.88 bits per heavy atom. The second kappa shape index (κ2) is 10.6. The van der Waals surface area contributed by atoms with Crippen molar-refractivity contribution in [2.45, 2.75) is 32.1 Å². The molecular weight excluding hydrogens is 406 g/mol. The van der Waals surface area contributed by atoms with Crippen LogP contribution >= 0.6 is 0 Å². The molecule has 7 heteroatoms. The van der Waals surface area contributed by atoms with Crippen LogP contribution in [0.1, 0.15) is 42.8 Å². The highest BCUT2D eigenvalue weighted by molar-refractivity contribution is 5.91. The van der Waals surface area contributed by atoms with E-state index in [0.717, 1.165) is 38.0 Å². The maximum atomic E-state index is 12.4. The number of carbonyl (C=O) groups is 1. The molecule has 2 aromatic rings. The maximum Gasteiger partial charge on any atom is 0.289 e. The first-order valence-electron chi connectivity index (χ1n) is 11.1. The zero-order valence-electron chi connectivity index (χ0n) is 19.5. The molecule has 2 heterocycles. The van der Waals surface area contributed by atoms with E-state index in [1.165, 1.54) is 6.26 Å². The average molecular weight is 440 g/mol. The van der Waals surface area contributed by atoms with Gasteiger partial charge < -0.3 is 18.8 Å². The lowest BCUT2D eigenvalue weighted by Gasteiger charge is -2.36. The third-order valence-electron chi connectivity index (χ3n) is 6.52. The molecule has 7 nitrogen and oxygen atoms in total. The van der Waals surface area contributed by atoms with Gasteiger partial charge in [-0.1, -0.05) is 19.9 Å². The van der Waals surface area contributed by atoms with Crippen LogP contribution in [0.25, 0.3) is 0 Å². The number of nitriles is 1. The van der Waals surface area contributed by atoms with Crippen molar-refractivity contribution in [3.05, 3.63) is 47.9 Å². The van der Waals surface area contributed by atoms with E-state index in [2.05, 4.69) is 24.8 Å². The van der Waals surface area contributed by atoms with Gasteiger partial charge in [0.25, 0.3) is 5.91 Å². The molecule has 3 rings (SSSR count). The number of hydrogen-bond donors (Lipinski definition) is 0. The van der Waals surface area contributed by atoms with E-state index < -0.39 is 5.41 Å². The van der Waals surface area contributed by atoms with Crippen LogP contribution in [-0.4, -0.2) is 62.7 Å². The highest BCUT2D eigenvalue weighted by Gasteiger charge is 2.36. The fraction of sp³-hybridized carbons (Fsp3) is 0.520. The Hall–Kier alpha value is -2.98. The highest BCUT2D eigenvalue weighted by atomic mass is 16.5. The summed E-state index contributed by atoms with van der Waals surface area (Å²) in [6.07, 6.45) is 3.17. The molecule has 1 amide bonds. The van der Waals surface area contributed by atoms with Gasteiger partial charge in [0.1, 0.15) is 0 Å². The third kappa shape index (κ3) is 4.91. The zero-order chi connectivity index (χ0) is 23.1. The van der Waals surface area contributed by atoms with Crippen LogP contribution in [0.15, 0.2) is 41.0 Å². The Morgan fingerprint density at radius 3 is 2.44 bits per heavy atom. The first-order valence-corrected chi connectivity index (χ1v) is 11.1. The number of amides is 1. The Bertz CT molecular complexity index is 927. The van der Waals surface area contributed by atoms with Gasteiger partial charge in [-0.2, -0.15) is 5.26 Å². The van der Waals surface area contributed by atoms with Crippen molar-refractivity contribution in [1.82, 2.24) is 9.80 Å². The maximum absolute atomic E-state index is 12.4. The summed E-state index contributed by atoms with van der Waals surface area (Å²) in [5.74, 6) is 1.79. The second-order valence-electron chi connectivity index (χ2n) is 8.52. The monoisotopic (exact) mass is 439 g/mol. The lowest BCUT2D eigenvalue weighted by atomic mass is 9.69. The van der Waals surface area contributed by atoms with Gasteiger partial charge in [-0.3, -0.25) is 9.69 Å². The summed E-state index contributed by atoms with van der Waals surface area (Å²) in [5.41, 5.74) is 0.359. The number of furan rings is 1. The van der Waals surface area contributed by atoms with Gasteiger partial charge in [0.2, 0.25) is 0 Å². The van der Waals surface area contributed by atoms with Crippen molar-refractivity contribution >= 4 is 5.91 Å². The van der Waals surface area contributed by atoms with Gasteiger partial charge in [-0.25, -0.2) is 0 Å². The Kier molecular flexibility index (Phi) is 7.81. The number of methoxy groups -OCH3 is 2. The van der Waals surface area contributed by atoms with Crippen LogP contribution in [0.5, 0.6) is 11.5 Å². The normalized spacial score (nSPS) is 16.4. The minimum atomic E-state index is -0.601. The van der Waals surface area contributed by atoms with E-state index in [9.17, 15) is 10.1 Å². The smallest absolute Gasteiger partial charge is 0.289 e. The van der Waals surface area contributed by atoms with Crippen LogP contribution in [0.2, 0.25) is 0 Å². The molecule has 0 radical (unpaired) electrons. The summed E-state index contributed by atoms with van der Waals surface area (Å²) in [5, 5.41) is 10.2. The number of benzene rings is 1. The fourth-order valence-corrected chi connectivity index (χ4v) is 4.44. The molecule has 1 aromatic carbocycles. The van der Waals surface area contributed by atoms with Gasteiger partial charge >= 0.3 is 0 Å². The molecule has 1 aliphatic rings. The molecule has 0 aliphatic carbocycles. The number of carbonyl (C=O) groups excluding carboxylic acids is 1. The summed E-state index contributed by atoms with van der Waals surface area (Å²) >= 11 is 0. The molecule has 1 aliphatic heterocycles. The summed E-state index contributed by atoms with van der Waals surface area (Å²) in [7, 11) is 3.22. The third-order valence-corrected chi connectivity index (χ3v) is 6.52. The van der Waals surface area contributed by atoms with E-state index in [0.29, 0.717) is 30.3 Å². The second-order valence-corrected chi connectivity index (χ2v) is 8.52. The molecule has 32 heavy (non-hydrogen) atoms. The van der Waals surface area contributed by atoms with Crippen LogP contribution in [0, 0.1) is 17.2 Å². The van der Waals surface area contributed by atoms with Crippen LogP contribution < -0.4 is 9.47 Å². The molecule has 1 atom stereocenters. The van der Waals surface area contributed by atoms with E-state index in [1.54, 1.807) is 26.4 Å². The number of piperazine rings is 1. The first kappa shape index (κ1) is 23.7. The van der Waals surface area contributed by atoms with Crippen LogP contribution in [0.3, 0.4) is 0 Å². The quantitative estimate of drug-likeness (QED) is 0.589. The van der Waals surface area contributed by atoms with Gasteiger partial charge in [0.15, 0.2) is 17.3 Å². The molecule has 0 N–H and O–H groups in total. The molecular formula is C25H33N3O4. The van der Waals surface area contributed by atoms with E-state index >= 15 is 0 Å². The topological polar surface area (TPSA) is 78.9 Å². The van der Waals surface area contributed by atoms with Gasteiger partial charge in [-0.15, -0.1) is 0 Å². The Labute approximate surface area is 190 Å². The summed E-state index contributed by atoms with van der Waals surface area (Å²) in [4.78, 5) is 16.6. The fourth-order valence-electron chi connectivity index (χ4n) is 4.44. The molecule has 0 spiro atoms. The van der Waals surface area contributed by atoms with E-state index in [1.807, 2.05) is 23.1 Å². The molecule has 0 saturated carbocycles. The minimum absolute atomic E-state index is 0.0496. The number of hydrogen-bond acceptors (Lipinski definition) is 6. The van der Waals surface area contributed by atoms with Gasteiger partial charge in [0.05, 0.1) is 32.0 Å². The predicted octanol–water partition coefficient (Wildman–Crippen LogP) is 3.95. The highest BCUT2D eigenvalue weighted by Crippen LogP contribution is 2.40. The molecule has 1 fully saturated rings. The minimum Gasteiger partial charge on any atom is -0.493 e. The van der Waals surface area contributed by atoms with Crippen molar-refractivity contribution < 1.29 is 18.7 Å². The zero-order valence-corrected chi connectivity index (χ0v) is 19.5. The lowest BCUT2D eigenvalue weighted by Crippen LogP contribution is -2.49. The molecule has 172 valence electrons. The van der Waals surface area contributed by atoms with Crippen molar-refractivity contribution in [3.8, 4) is 17.6 Å². The molecule has 0 bridgehead atoms. The van der Waals surface area contributed by atoms with Crippen molar-refractivity contribution in [2.24, 2.45) is 5.92 Å². The van der Waals surface area contributed by atoms with Crippen molar-refractivity contribution in [3.63, 3.8) is 0 Å². The van der Waals surface area contributed by atoms with Crippen molar-refractivity contribution in [1.29, 1.82) is 5.26 Å². The Morgan fingerprint density at radius 1 is 1.16 bits per heavy atom. The van der Waals surface area contributed by atoms with E-state index in [-0.39, 0.29) is 11.8 Å². The predicted molar refractivity (Wildman–Crippen MR) is 122 cm³/mol. The van der Waals surface area contributed by atoms with Gasteiger partial charge in [0, 0.05) is 26.2 Å². The molecule has 1 saturated heterocycles. The van der Waals surface area contributed by atoms with Crippen molar-refractivity contribution in [2.75, 3.05) is 46.9 Å². The average Bonchev–Trinajstić information content (AvgIpc) is 3.36. The summed E-state index contributed by atoms with van der Waals surface area (Å²) in [6, 6.07) is 11.8. The molecule has 1 aromatic heterocycles. The van der Waals surface area contributed by atoms with Gasteiger partial charge in [-0.05, 0) is 55.1 Å².